The lowest BCUT2D eigenvalue weighted by atomic mass is 9.57. The highest BCUT2D eigenvalue weighted by molar-refractivity contribution is 6.74. The molecular weight excluding hydrogens is 677 g/mol. The molecule has 7 rings (SSSR count). The maximum atomic E-state index is 15.6. The van der Waals surface area contributed by atoms with Crippen LogP contribution >= 0.6 is 0 Å². The predicted molar refractivity (Wildman–Crippen MR) is 198 cm³/mol. The number of pyridine rings is 1. The van der Waals surface area contributed by atoms with Crippen molar-refractivity contribution in [3.05, 3.63) is 106 Å². The van der Waals surface area contributed by atoms with Crippen molar-refractivity contribution in [3.8, 4) is 11.6 Å². The molecule has 0 aliphatic heterocycles. The van der Waals surface area contributed by atoms with Gasteiger partial charge in [-0.05, 0) is 72.8 Å². The zero-order valence-electron chi connectivity index (χ0n) is 30.7. The molecule has 4 atom stereocenters. The molecule has 3 aliphatic rings. The molecule has 1 fully saturated rings. The first kappa shape index (κ1) is 35.6. The lowest BCUT2D eigenvalue weighted by Gasteiger charge is -2.55. The number of fused-ring (bicyclic) bond motifs is 4. The fourth-order valence-electron chi connectivity index (χ4n) is 7.70. The number of aliphatic hydroxyl groups excluding tert-OH is 1. The number of anilines is 1. The third-order valence-electron chi connectivity index (χ3n) is 11.3. The van der Waals surface area contributed by atoms with Gasteiger partial charge in [-0.25, -0.2) is 4.98 Å². The standard InChI is InChI=1S/C40H46N4O7Si/c1-39(2,3)52(6,7)51-40-27(31(44(4)5)33-30(36(40)47)38(43-50-33)49-22-24-16-12-9-13-17-24)19-25-18-26-20-42-37(41)34(28(26)32(45)29(25)35(40)46)48-21-23-14-10-8-11-15-23/h8-17,20,25,27,31,45H,18-19,21-22H2,1-7H3,(H2,41,42)/t25-,27-,31-,40-/m0/s1. The zero-order chi connectivity index (χ0) is 37.2. The molecule has 11 nitrogen and oxygen atoms in total. The number of nitrogens with two attached hydrogens (primary N) is 1. The fourth-order valence-corrected chi connectivity index (χ4v) is 9.15. The molecule has 0 spiro atoms. The highest BCUT2D eigenvalue weighted by atomic mass is 28.4. The van der Waals surface area contributed by atoms with Crippen molar-refractivity contribution in [1.29, 1.82) is 0 Å². The van der Waals surface area contributed by atoms with E-state index in [0.29, 0.717) is 29.7 Å². The Balaban J connectivity index is 1.39. The largest absolute Gasteiger partial charge is 0.507 e. The normalized spacial score (nSPS) is 22.8. The van der Waals surface area contributed by atoms with Gasteiger partial charge in [-0.15, -0.1) is 0 Å². The minimum Gasteiger partial charge on any atom is -0.507 e. The van der Waals surface area contributed by atoms with Gasteiger partial charge in [0.2, 0.25) is 11.6 Å². The summed E-state index contributed by atoms with van der Waals surface area (Å²) in [6.07, 6.45) is 2.36. The summed E-state index contributed by atoms with van der Waals surface area (Å²) in [7, 11) is 0.901. The number of aliphatic hydroxyl groups is 1. The van der Waals surface area contributed by atoms with Crippen molar-refractivity contribution in [3.63, 3.8) is 0 Å². The Morgan fingerprint density at radius 2 is 1.58 bits per heavy atom. The number of aromatic nitrogens is 2. The molecule has 2 aromatic heterocycles. The molecule has 4 aromatic rings. The van der Waals surface area contributed by atoms with Crippen molar-refractivity contribution in [1.82, 2.24) is 15.0 Å². The highest BCUT2D eigenvalue weighted by Gasteiger charge is 2.68. The molecule has 1 saturated carbocycles. The van der Waals surface area contributed by atoms with Crippen molar-refractivity contribution in [2.75, 3.05) is 19.8 Å². The first-order chi connectivity index (χ1) is 24.7. The van der Waals surface area contributed by atoms with E-state index in [9.17, 15) is 5.11 Å². The average molecular weight is 723 g/mol. The molecule has 0 saturated heterocycles. The lowest BCUT2D eigenvalue weighted by Crippen LogP contribution is -2.68. The minimum absolute atomic E-state index is 0.00456. The van der Waals surface area contributed by atoms with Crippen LogP contribution in [-0.4, -0.2) is 59.7 Å². The Morgan fingerprint density at radius 1 is 0.962 bits per heavy atom. The number of carbonyl (C=O) groups is 2. The van der Waals surface area contributed by atoms with Gasteiger partial charge in [0.05, 0.1) is 11.6 Å². The van der Waals surface area contributed by atoms with E-state index in [2.05, 4.69) is 30.9 Å². The number of Topliss-reactive ketones (excluding diaryl/α,β-unsaturated/α-hetero) is 2. The van der Waals surface area contributed by atoms with Gasteiger partial charge in [0.15, 0.2) is 31.2 Å². The number of hydrogen-bond acceptors (Lipinski definition) is 11. The second-order valence-corrected chi connectivity index (χ2v) is 20.5. The van der Waals surface area contributed by atoms with Crippen LogP contribution in [0.3, 0.4) is 0 Å². The third kappa shape index (κ3) is 5.73. The first-order valence-electron chi connectivity index (χ1n) is 17.7. The second-order valence-electron chi connectivity index (χ2n) is 15.8. The van der Waals surface area contributed by atoms with E-state index in [0.717, 1.165) is 11.1 Å². The topological polar surface area (TPSA) is 150 Å². The number of nitrogens with zero attached hydrogens (tertiary/aromatic N) is 3. The molecule has 3 N–H and O–H groups in total. The summed E-state index contributed by atoms with van der Waals surface area (Å²) < 4.78 is 25.5. The van der Waals surface area contributed by atoms with E-state index >= 15 is 9.59 Å². The summed E-state index contributed by atoms with van der Waals surface area (Å²) in [6, 6.07) is 18.5. The van der Waals surface area contributed by atoms with Crippen molar-refractivity contribution >= 4 is 31.5 Å². The summed E-state index contributed by atoms with van der Waals surface area (Å²) in [5.41, 5.74) is 7.40. The SMILES string of the molecule is CN(C)[C@@H]1c2onc(OCc3ccccc3)c2C(=O)[C@@]2(O[Si](C)(C)C(C)(C)C)C(=O)C3=C(O)c4c(cnc(N)c4OCc4ccccc4)C[C@H]3C[C@@H]12. The Kier molecular flexibility index (Phi) is 8.91. The summed E-state index contributed by atoms with van der Waals surface area (Å²) in [5, 5.41) is 16.1. The monoisotopic (exact) mass is 722 g/mol. The number of hydrogen-bond donors (Lipinski definition) is 2. The van der Waals surface area contributed by atoms with Gasteiger partial charge in [-0.1, -0.05) is 81.4 Å². The molecule has 52 heavy (non-hydrogen) atoms. The van der Waals surface area contributed by atoms with Gasteiger partial charge < -0.3 is 29.3 Å². The summed E-state index contributed by atoms with van der Waals surface area (Å²) >= 11 is 0. The van der Waals surface area contributed by atoms with Gasteiger partial charge in [0.25, 0.3) is 5.88 Å². The van der Waals surface area contributed by atoms with Crippen LogP contribution in [0.25, 0.3) is 5.76 Å². The first-order valence-corrected chi connectivity index (χ1v) is 20.6. The number of ketones is 2. The average Bonchev–Trinajstić information content (AvgIpc) is 3.52. The van der Waals surface area contributed by atoms with Crippen molar-refractivity contribution < 1.29 is 33.1 Å². The third-order valence-corrected chi connectivity index (χ3v) is 15.7. The number of benzene rings is 2. The van der Waals surface area contributed by atoms with Crippen LogP contribution < -0.4 is 15.2 Å². The summed E-state index contributed by atoms with van der Waals surface area (Å²) in [5.74, 6) is -1.89. The van der Waals surface area contributed by atoms with Crippen LogP contribution in [0.1, 0.15) is 71.6 Å². The molecular formula is C40H46N4O7Si. The van der Waals surface area contributed by atoms with E-state index in [1.54, 1.807) is 6.20 Å². The Morgan fingerprint density at radius 3 is 2.17 bits per heavy atom. The summed E-state index contributed by atoms with van der Waals surface area (Å²) in [6.45, 7) is 10.6. The number of nitrogen functional groups attached to an aromatic ring is 1. The smallest absolute Gasteiger partial charge is 0.265 e. The molecule has 12 heteroatoms. The Hall–Kier alpha value is -4.78. The van der Waals surface area contributed by atoms with Crippen LogP contribution in [-0.2, 0) is 28.9 Å². The Bertz CT molecular complexity index is 2050. The van der Waals surface area contributed by atoms with E-state index in [1.807, 2.05) is 92.8 Å². The molecule has 2 aromatic carbocycles. The molecule has 0 radical (unpaired) electrons. The van der Waals surface area contributed by atoms with E-state index < -0.39 is 43.4 Å². The number of carbonyl (C=O) groups excluding carboxylic acids is 2. The molecule has 2 heterocycles. The molecule has 3 aliphatic carbocycles. The summed E-state index contributed by atoms with van der Waals surface area (Å²) in [4.78, 5) is 37.3. The van der Waals surface area contributed by atoms with Crippen LogP contribution in [0, 0.1) is 11.8 Å². The molecule has 0 amide bonds. The van der Waals surface area contributed by atoms with Gasteiger partial charge >= 0.3 is 0 Å². The van der Waals surface area contributed by atoms with Crippen LogP contribution in [0.15, 0.2) is 77.0 Å². The number of rotatable bonds is 9. The van der Waals surface area contributed by atoms with E-state index in [4.69, 9.17) is 24.2 Å². The van der Waals surface area contributed by atoms with Crippen molar-refractivity contribution in [2.45, 2.75) is 76.6 Å². The van der Waals surface area contributed by atoms with Crippen molar-refractivity contribution in [2.24, 2.45) is 11.8 Å². The molecule has 0 unspecified atom stereocenters. The predicted octanol–water partition coefficient (Wildman–Crippen LogP) is 7.10. The lowest BCUT2D eigenvalue weighted by molar-refractivity contribution is -0.140. The van der Waals surface area contributed by atoms with Crippen LogP contribution in [0.4, 0.5) is 5.82 Å². The number of ether oxygens (including phenoxy) is 2. The molecule has 0 bridgehead atoms. The van der Waals surface area contributed by atoms with Crippen LogP contribution in [0.5, 0.6) is 11.6 Å². The Labute approximate surface area is 304 Å². The second kappa shape index (κ2) is 13.0. The van der Waals surface area contributed by atoms with E-state index in [1.165, 1.54) is 0 Å². The van der Waals surface area contributed by atoms with E-state index in [-0.39, 0.29) is 52.6 Å². The fraction of sp³-hybridized carbons (Fsp3) is 0.400. The zero-order valence-corrected chi connectivity index (χ0v) is 31.7. The van der Waals surface area contributed by atoms with Gasteiger partial charge in [-0.3, -0.25) is 14.5 Å². The van der Waals surface area contributed by atoms with Gasteiger partial charge in [0, 0.05) is 17.7 Å². The van der Waals surface area contributed by atoms with Gasteiger partial charge in [-0.2, -0.15) is 0 Å². The maximum Gasteiger partial charge on any atom is 0.265 e. The highest BCUT2D eigenvalue weighted by Crippen LogP contribution is 2.59. The maximum absolute atomic E-state index is 15.6. The van der Waals surface area contributed by atoms with Gasteiger partial charge in [0.1, 0.15) is 24.5 Å². The van der Waals surface area contributed by atoms with Crippen LogP contribution in [0.2, 0.25) is 18.1 Å². The quantitative estimate of drug-likeness (QED) is 0.135. The molecule has 272 valence electrons. The minimum atomic E-state index is -2.88.